The van der Waals surface area contributed by atoms with E-state index in [1.165, 1.54) is 19.3 Å². The van der Waals surface area contributed by atoms with E-state index in [2.05, 4.69) is 0 Å². The maximum Gasteiger partial charge on any atom is 0.162 e. The van der Waals surface area contributed by atoms with Crippen LogP contribution in [-0.4, -0.2) is 11.2 Å². The molecule has 0 radical (unpaired) electrons. The fraction of sp³-hybridized carbons (Fsp3) is 0.538. The first-order valence-corrected chi connectivity index (χ1v) is 5.99. The predicted molar refractivity (Wildman–Crippen MR) is 63.5 cm³/mol. The monoisotopic (exact) mass is 221 g/mol. The second-order valence-corrected chi connectivity index (χ2v) is 4.35. The molecule has 0 aromatic heterocycles. The summed E-state index contributed by atoms with van der Waals surface area (Å²) in [5.41, 5.74) is 6.28. The van der Waals surface area contributed by atoms with Crippen molar-refractivity contribution in [3.8, 4) is 11.5 Å². The number of phenols is 1. The van der Waals surface area contributed by atoms with Crippen LogP contribution < -0.4 is 10.5 Å². The molecule has 0 spiro atoms. The summed E-state index contributed by atoms with van der Waals surface area (Å²) in [5, 5.41) is 9.91. The average Bonchev–Trinajstić information content (AvgIpc) is 2.33. The molecular formula is C13H19NO2. The summed E-state index contributed by atoms with van der Waals surface area (Å²) in [6, 6.07) is 5.51. The van der Waals surface area contributed by atoms with Crippen LogP contribution in [0.3, 0.4) is 0 Å². The van der Waals surface area contributed by atoms with Crippen LogP contribution in [0.15, 0.2) is 18.2 Å². The third-order valence-electron chi connectivity index (χ3n) is 3.15. The zero-order chi connectivity index (χ0) is 11.4. The molecule has 16 heavy (non-hydrogen) atoms. The molecule has 0 saturated heterocycles. The highest BCUT2D eigenvalue weighted by Crippen LogP contribution is 2.32. The highest BCUT2D eigenvalue weighted by Gasteiger charge is 2.17. The smallest absolute Gasteiger partial charge is 0.162 e. The molecule has 1 saturated carbocycles. The molecule has 1 aliphatic rings. The van der Waals surface area contributed by atoms with Gasteiger partial charge in [0.1, 0.15) is 0 Å². The Balaban J connectivity index is 2.08. The van der Waals surface area contributed by atoms with E-state index in [9.17, 15) is 5.11 Å². The summed E-state index contributed by atoms with van der Waals surface area (Å²) in [6.45, 7) is 0.341. The van der Waals surface area contributed by atoms with Gasteiger partial charge >= 0.3 is 0 Å². The largest absolute Gasteiger partial charge is 0.504 e. The van der Waals surface area contributed by atoms with Crippen LogP contribution in [0.25, 0.3) is 0 Å². The molecule has 1 fully saturated rings. The summed E-state index contributed by atoms with van der Waals surface area (Å²) in [5.74, 6) is 0.783. The Hall–Kier alpha value is -1.22. The molecule has 0 atom stereocenters. The van der Waals surface area contributed by atoms with Gasteiger partial charge in [-0.1, -0.05) is 18.6 Å². The minimum absolute atomic E-state index is 0.204. The van der Waals surface area contributed by atoms with Crippen molar-refractivity contribution in [2.75, 3.05) is 0 Å². The van der Waals surface area contributed by atoms with E-state index in [1.54, 1.807) is 0 Å². The zero-order valence-electron chi connectivity index (χ0n) is 9.48. The number of rotatable bonds is 3. The van der Waals surface area contributed by atoms with Crippen molar-refractivity contribution >= 4 is 0 Å². The van der Waals surface area contributed by atoms with Gasteiger partial charge in [0.25, 0.3) is 0 Å². The Morgan fingerprint density at radius 2 is 2.00 bits per heavy atom. The van der Waals surface area contributed by atoms with Crippen molar-refractivity contribution in [2.24, 2.45) is 5.73 Å². The number of benzene rings is 1. The summed E-state index contributed by atoms with van der Waals surface area (Å²) >= 11 is 0. The van der Waals surface area contributed by atoms with Gasteiger partial charge in [0.2, 0.25) is 0 Å². The van der Waals surface area contributed by atoms with Gasteiger partial charge in [0.15, 0.2) is 11.5 Å². The minimum Gasteiger partial charge on any atom is -0.504 e. The van der Waals surface area contributed by atoms with E-state index in [-0.39, 0.29) is 11.9 Å². The van der Waals surface area contributed by atoms with E-state index < -0.39 is 0 Å². The molecule has 0 unspecified atom stereocenters. The highest BCUT2D eigenvalue weighted by atomic mass is 16.5. The first-order chi connectivity index (χ1) is 7.81. The van der Waals surface area contributed by atoms with E-state index in [0.29, 0.717) is 12.3 Å². The minimum atomic E-state index is 0.204. The first-order valence-electron chi connectivity index (χ1n) is 5.99. The molecule has 3 heteroatoms. The van der Waals surface area contributed by atoms with Crippen molar-refractivity contribution < 1.29 is 9.84 Å². The molecule has 0 bridgehead atoms. The fourth-order valence-electron chi connectivity index (χ4n) is 2.19. The number of para-hydroxylation sites is 1. The molecule has 0 amide bonds. The Bertz CT molecular complexity index is 346. The van der Waals surface area contributed by atoms with Crippen molar-refractivity contribution in [3.63, 3.8) is 0 Å². The predicted octanol–water partition coefficient (Wildman–Crippen LogP) is 2.56. The topological polar surface area (TPSA) is 55.5 Å². The Morgan fingerprint density at radius 1 is 1.25 bits per heavy atom. The third kappa shape index (κ3) is 2.47. The van der Waals surface area contributed by atoms with E-state index in [0.717, 1.165) is 18.4 Å². The molecule has 1 aliphatic carbocycles. The number of ether oxygens (including phenoxy) is 1. The summed E-state index contributed by atoms with van der Waals surface area (Å²) in [4.78, 5) is 0. The fourth-order valence-corrected chi connectivity index (χ4v) is 2.19. The Kier molecular flexibility index (Phi) is 3.67. The van der Waals surface area contributed by atoms with E-state index in [1.807, 2.05) is 18.2 Å². The van der Waals surface area contributed by atoms with Crippen molar-refractivity contribution in [1.82, 2.24) is 0 Å². The van der Waals surface area contributed by atoms with E-state index >= 15 is 0 Å². The number of nitrogens with two attached hydrogens (primary N) is 1. The van der Waals surface area contributed by atoms with Gasteiger partial charge < -0.3 is 15.6 Å². The molecule has 1 aromatic carbocycles. The number of aromatic hydroxyl groups is 1. The molecule has 0 aliphatic heterocycles. The average molecular weight is 221 g/mol. The van der Waals surface area contributed by atoms with Crippen LogP contribution in [0.1, 0.15) is 37.7 Å². The molecule has 2 rings (SSSR count). The van der Waals surface area contributed by atoms with E-state index in [4.69, 9.17) is 10.5 Å². The van der Waals surface area contributed by atoms with Crippen LogP contribution >= 0.6 is 0 Å². The Morgan fingerprint density at radius 3 is 2.69 bits per heavy atom. The van der Waals surface area contributed by atoms with Gasteiger partial charge in [-0.05, 0) is 31.7 Å². The van der Waals surface area contributed by atoms with Gasteiger partial charge in [-0.3, -0.25) is 0 Å². The second kappa shape index (κ2) is 5.21. The molecule has 3 N–H and O–H groups in total. The van der Waals surface area contributed by atoms with Crippen LogP contribution in [0, 0.1) is 0 Å². The highest BCUT2D eigenvalue weighted by molar-refractivity contribution is 5.45. The maximum atomic E-state index is 9.91. The summed E-state index contributed by atoms with van der Waals surface area (Å²) in [7, 11) is 0. The summed E-state index contributed by atoms with van der Waals surface area (Å²) in [6.07, 6.45) is 6.18. The van der Waals surface area contributed by atoms with Crippen molar-refractivity contribution in [2.45, 2.75) is 44.8 Å². The number of hydrogen-bond acceptors (Lipinski definition) is 3. The van der Waals surface area contributed by atoms with Crippen LogP contribution in [0.4, 0.5) is 0 Å². The lowest BCUT2D eigenvalue weighted by atomic mass is 9.98. The SMILES string of the molecule is NCc1cccc(OC2CCCCC2)c1O. The molecular weight excluding hydrogens is 202 g/mol. The first kappa shape index (κ1) is 11.3. The van der Waals surface area contributed by atoms with Gasteiger partial charge in [0.05, 0.1) is 6.10 Å². The van der Waals surface area contributed by atoms with Crippen LogP contribution in [0.5, 0.6) is 11.5 Å². The van der Waals surface area contributed by atoms with Gasteiger partial charge in [0, 0.05) is 12.1 Å². The lowest BCUT2D eigenvalue weighted by Crippen LogP contribution is -2.19. The lowest BCUT2D eigenvalue weighted by Gasteiger charge is -2.23. The second-order valence-electron chi connectivity index (χ2n) is 4.35. The van der Waals surface area contributed by atoms with Gasteiger partial charge in [-0.15, -0.1) is 0 Å². The van der Waals surface area contributed by atoms with Crippen molar-refractivity contribution in [3.05, 3.63) is 23.8 Å². The lowest BCUT2D eigenvalue weighted by molar-refractivity contribution is 0.150. The number of phenolic OH excluding ortho intramolecular Hbond substituents is 1. The molecule has 1 aromatic rings. The third-order valence-corrected chi connectivity index (χ3v) is 3.15. The van der Waals surface area contributed by atoms with Gasteiger partial charge in [-0.25, -0.2) is 0 Å². The molecule has 3 nitrogen and oxygen atoms in total. The van der Waals surface area contributed by atoms with Gasteiger partial charge in [-0.2, -0.15) is 0 Å². The zero-order valence-corrected chi connectivity index (χ0v) is 9.48. The normalized spacial score (nSPS) is 17.3. The number of hydrogen-bond donors (Lipinski definition) is 2. The standard InChI is InChI=1S/C13H19NO2/c14-9-10-5-4-8-12(13(10)15)16-11-6-2-1-3-7-11/h4-5,8,11,15H,1-3,6-7,9,14H2. The van der Waals surface area contributed by atoms with Crippen molar-refractivity contribution in [1.29, 1.82) is 0 Å². The van der Waals surface area contributed by atoms with Crippen LogP contribution in [0.2, 0.25) is 0 Å². The molecule has 88 valence electrons. The maximum absolute atomic E-state index is 9.91. The Labute approximate surface area is 96.2 Å². The summed E-state index contributed by atoms with van der Waals surface area (Å²) < 4.78 is 5.82. The molecule has 0 heterocycles. The van der Waals surface area contributed by atoms with Crippen LogP contribution in [-0.2, 0) is 6.54 Å². The quantitative estimate of drug-likeness (QED) is 0.824.